The molecular formula is C28H30N2O7. The van der Waals surface area contributed by atoms with Crippen LogP contribution in [0, 0.1) is 0 Å². The van der Waals surface area contributed by atoms with E-state index in [2.05, 4.69) is 17.5 Å². The Bertz CT molecular complexity index is 1190. The van der Waals surface area contributed by atoms with Crippen LogP contribution in [0.4, 0.5) is 0 Å². The van der Waals surface area contributed by atoms with Crippen LogP contribution in [0.5, 0.6) is 28.7 Å². The Morgan fingerprint density at radius 3 is 2.14 bits per heavy atom. The van der Waals surface area contributed by atoms with Gasteiger partial charge in [0.2, 0.25) is 0 Å². The van der Waals surface area contributed by atoms with Gasteiger partial charge in [0.1, 0.15) is 17.2 Å². The van der Waals surface area contributed by atoms with Crippen LogP contribution in [0.2, 0.25) is 0 Å². The lowest BCUT2D eigenvalue weighted by Gasteiger charge is -2.09. The molecule has 0 aromatic heterocycles. The van der Waals surface area contributed by atoms with Crippen LogP contribution in [0.15, 0.2) is 71.8 Å². The molecule has 3 rings (SSSR count). The van der Waals surface area contributed by atoms with Crippen LogP contribution in [0.3, 0.4) is 0 Å². The number of amides is 1. The molecule has 0 fully saturated rings. The fraction of sp³-hybridized carbons (Fsp3) is 0.250. The average molecular weight is 507 g/mol. The summed E-state index contributed by atoms with van der Waals surface area (Å²) in [6.07, 6.45) is 3.54. The minimum absolute atomic E-state index is 0.182. The zero-order chi connectivity index (χ0) is 26.5. The summed E-state index contributed by atoms with van der Waals surface area (Å²) in [4.78, 5) is 24.4. The monoisotopic (exact) mass is 506 g/mol. The first-order valence-electron chi connectivity index (χ1n) is 11.7. The topological polar surface area (TPSA) is 105 Å². The highest BCUT2D eigenvalue weighted by Gasteiger charge is 2.13. The molecule has 0 spiro atoms. The van der Waals surface area contributed by atoms with E-state index in [1.54, 1.807) is 66.7 Å². The maximum Gasteiger partial charge on any atom is 0.343 e. The molecule has 1 amide bonds. The van der Waals surface area contributed by atoms with E-state index in [0.717, 1.165) is 18.6 Å². The van der Waals surface area contributed by atoms with E-state index in [-0.39, 0.29) is 6.61 Å². The average Bonchev–Trinajstić information content (AvgIpc) is 2.93. The van der Waals surface area contributed by atoms with Crippen molar-refractivity contribution in [1.29, 1.82) is 0 Å². The normalized spacial score (nSPS) is 10.6. The molecule has 3 aromatic carbocycles. The van der Waals surface area contributed by atoms with Crippen LogP contribution in [0.25, 0.3) is 0 Å². The van der Waals surface area contributed by atoms with Crippen molar-refractivity contribution in [2.24, 2.45) is 5.10 Å². The number of carbonyl (C=O) groups is 2. The number of ether oxygens (including phenoxy) is 5. The molecule has 0 unspecified atom stereocenters. The Labute approximate surface area is 216 Å². The van der Waals surface area contributed by atoms with Gasteiger partial charge in [0.15, 0.2) is 18.1 Å². The second kappa shape index (κ2) is 14.1. The maximum atomic E-state index is 12.4. The van der Waals surface area contributed by atoms with Gasteiger partial charge in [0.05, 0.1) is 32.6 Å². The van der Waals surface area contributed by atoms with E-state index in [9.17, 15) is 9.59 Å². The van der Waals surface area contributed by atoms with Crippen LogP contribution < -0.4 is 29.1 Å². The lowest BCUT2D eigenvalue weighted by atomic mass is 10.2. The quantitative estimate of drug-likeness (QED) is 0.118. The number of nitrogens with zero attached hydrogens (tertiary/aromatic N) is 1. The van der Waals surface area contributed by atoms with Crippen LogP contribution in [0.1, 0.15) is 35.7 Å². The number of carbonyl (C=O) groups excluding carboxylic acids is 2. The summed E-state index contributed by atoms with van der Waals surface area (Å²) in [5.74, 6) is 1.69. The summed E-state index contributed by atoms with van der Waals surface area (Å²) in [5.41, 5.74) is 3.43. The molecule has 0 heterocycles. The highest BCUT2D eigenvalue weighted by Crippen LogP contribution is 2.28. The number of nitrogens with one attached hydrogen (secondary N) is 1. The number of hydrogen-bond donors (Lipinski definition) is 1. The summed E-state index contributed by atoms with van der Waals surface area (Å²) in [5, 5.41) is 3.93. The SMILES string of the molecule is CCCCOc1ccc(OCC(=O)N/N=C/c2ccc(OC(=O)c3ccc(OC)c(OC)c3)cc2)cc1. The van der Waals surface area contributed by atoms with Gasteiger partial charge in [-0.15, -0.1) is 0 Å². The number of unbranched alkanes of at least 4 members (excludes halogenated alkanes) is 1. The molecule has 0 radical (unpaired) electrons. The van der Waals surface area contributed by atoms with Gasteiger partial charge in [-0.25, -0.2) is 10.2 Å². The highest BCUT2D eigenvalue weighted by molar-refractivity contribution is 5.92. The van der Waals surface area contributed by atoms with Crippen molar-refractivity contribution in [1.82, 2.24) is 5.43 Å². The largest absolute Gasteiger partial charge is 0.494 e. The number of hydrazone groups is 1. The van der Waals surface area contributed by atoms with Gasteiger partial charge in [-0.2, -0.15) is 5.10 Å². The van der Waals surface area contributed by atoms with Gasteiger partial charge in [0, 0.05) is 0 Å². The van der Waals surface area contributed by atoms with Gasteiger partial charge in [-0.05, 0) is 78.7 Å². The van der Waals surface area contributed by atoms with Gasteiger partial charge in [-0.1, -0.05) is 13.3 Å². The molecule has 0 atom stereocenters. The van der Waals surface area contributed by atoms with E-state index in [0.29, 0.717) is 40.7 Å². The third kappa shape index (κ3) is 8.57. The fourth-order valence-electron chi connectivity index (χ4n) is 3.08. The van der Waals surface area contributed by atoms with Gasteiger partial charge >= 0.3 is 5.97 Å². The van der Waals surface area contributed by atoms with Gasteiger partial charge in [0.25, 0.3) is 5.91 Å². The second-order valence-corrected chi connectivity index (χ2v) is 7.78. The molecular weight excluding hydrogens is 476 g/mol. The predicted molar refractivity (Wildman–Crippen MR) is 139 cm³/mol. The van der Waals surface area contributed by atoms with Gasteiger partial charge < -0.3 is 23.7 Å². The summed E-state index contributed by atoms with van der Waals surface area (Å²) in [7, 11) is 3.01. The number of rotatable bonds is 13. The minimum atomic E-state index is -0.534. The van der Waals surface area contributed by atoms with E-state index >= 15 is 0 Å². The highest BCUT2D eigenvalue weighted by atomic mass is 16.5. The molecule has 9 nitrogen and oxygen atoms in total. The first kappa shape index (κ1) is 27.1. The molecule has 0 saturated carbocycles. The smallest absolute Gasteiger partial charge is 0.343 e. The minimum Gasteiger partial charge on any atom is -0.494 e. The number of hydrogen-bond acceptors (Lipinski definition) is 8. The Balaban J connectivity index is 1.43. The van der Waals surface area contributed by atoms with Crippen molar-refractivity contribution in [2.45, 2.75) is 19.8 Å². The van der Waals surface area contributed by atoms with Crippen LogP contribution >= 0.6 is 0 Å². The predicted octanol–water partition coefficient (Wildman–Crippen LogP) is 4.63. The van der Waals surface area contributed by atoms with E-state index in [1.165, 1.54) is 20.4 Å². The van der Waals surface area contributed by atoms with E-state index < -0.39 is 11.9 Å². The fourth-order valence-corrected chi connectivity index (χ4v) is 3.08. The Hall–Kier alpha value is -4.53. The number of benzene rings is 3. The van der Waals surface area contributed by atoms with Crippen molar-refractivity contribution < 1.29 is 33.3 Å². The molecule has 0 aliphatic carbocycles. The molecule has 9 heteroatoms. The first-order valence-corrected chi connectivity index (χ1v) is 11.7. The third-order valence-electron chi connectivity index (χ3n) is 5.07. The molecule has 0 bridgehead atoms. The Kier molecular flexibility index (Phi) is 10.3. The number of methoxy groups -OCH3 is 2. The number of esters is 1. The van der Waals surface area contributed by atoms with E-state index in [1.807, 2.05) is 0 Å². The zero-order valence-corrected chi connectivity index (χ0v) is 21.1. The molecule has 0 aliphatic heterocycles. The van der Waals surface area contributed by atoms with Crippen LogP contribution in [-0.2, 0) is 4.79 Å². The standard InChI is InChI=1S/C28H30N2O7/c1-4-5-16-35-22-11-13-23(14-12-22)36-19-27(31)30-29-18-20-6-9-24(10-7-20)37-28(32)21-8-15-25(33-2)26(17-21)34-3/h6-15,17-18H,4-5,16,19H2,1-3H3,(H,30,31)/b29-18+. The molecule has 194 valence electrons. The molecule has 0 aliphatic rings. The Morgan fingerprint density at radius 2 is 1.49 bits per heavy atom. The van der Waals surface area contributed by atoms with Crippen molar-refractivity contribution >= 4 is 18.1 Å². The summed E-state index contributed by atoms with van der Waals surface area (Å²) < 4.78 is 26.9. The van der Waals surface area contributed by atoms with Gasteiger partial charge in [-0.3, -0.25) is 4.79 Å². The summed E-state index contributed by atoms with van der Waals surface area (Å²) in [6.45, 7) is 2.59. The maximum absolute atomic E-state index is 12.4. The lowest BCUT2D eigenvalue weighted by Crippen LogP contribution is -2.24. The molecule has 0 saturated heterocycles. The van der Waals surface area contributed by atoms with E-state index in [4.69, 9.17) is 23.7 Å². The third-order valence-corrected chi connectivity index (χ3v) is 5.07. The van der Waals surface area contributed by atoms with Crippen molar-refractivity contribution in [2.75, 3.05) is 27.4 Å². The second-order valence-electron chi connectivity index (χ2n) is 7.78. The van der Waals surface area contributed by atoms with Crippen LogP contribution in [-0.4, -0.2) is 45.5 Å². The summed E-state index contributed by atoms with van der Waals surface area (Å²) in [6, 6.07) is 18.5. The first-order chi connectivity index (χ1) is 18.0. The van der Waals surface area contributed by atoms with Crippen molar-refractivity contribution in [3.05, 3.63) is 77.9 Å². The summed E-state index contributed by atoms with van der Waals surface area (Å²) >= 11 is 0. The molecule has 1 N–H and O–H groups in total. The molecule has 3 aromatic rings. The lowest BCUT2D eigenvalue weighted by molar-refractivity contribution is -0.123. The molecule has 37 heavy (non-hydrogen) atoms. The van der Waals surface area contributed by atoms with Crippen molar-refractivity contribution in [3.8, 4) is 28.7 Å². The van der Waals surface area contributed by atoms with Crippen molar-refractivity contribution in [3.63, 3.8) is 0 Å². The Morgan fingerprint density at radius 1 is 0.838 bits per heavy atom. The zero-order valence-electron chi connectivity index (χ0n) is 21.1.